The molecule has 0 bridgehead atoms. The molecule has 2 aromatic rings. The molecule has 2 rings (SSSR count). The molecule has 0 spiro atoms. The second kappa shape index (κ2) is 5.87. The van der Waals surface area contributed by atoms with E-state index >= 15 is 0 Å². The third-order valence-electron chi connectivity index (χ3n) is 2.57. The maximum atomic E-state index is 12.4. The highest BCUT2D eigenvalue weighted by atomic mass is 79.9. The molecule has 0 amide bonds. The lowest BCUT2D eigenvalue weighted by Crippen LogP contribution is -2.22. The number of halogens is 4. The van der Waals surface area contributed by atoms with Gasteiger partial charge in [-0.2, -0.15) is 0 Å². The minimum atomic E-state index is -4.93. The number of aromatic amines is 2. The quantitative estimate of drug-likeness (QED) is 0.856. The zero-order chi connectivity index (χ0) is 16.5. The number of aromatic nitrogens is 2. The summed E-state index contributed by atoms with van der Waals surface area (Å²) in [7, 11) is 1.18. The van der Waals surface area contributed by atoms with Gasteiger partial charge in [-0.15, -0.1) is 13.2 Å². The first-order chi connectivity index (χ1) is 10.2. The number of ether oxygens (including phenoxy) is 2. The van der Waals surface area contributed by atoms with Crippen molar-refractivity contribution in [1.82, 2.24) is 9.97 Å². The summed E-state index contributed by atoms with van der Waals surface area (Å²) in [6.45, 7) is 0. The third kappa shape index (κ3) is 3.50. The van der Waals surface area contributed by atoms with E-state index in [1.54, 1.807) is 0 Å². The van der Waals surface area contributed by atoms with Crippen molar-refractivity contribution in [3.05, 3.63) is 43.6 Å². The van der Waals surface area contributed by atoms with E-state index in [2.05, 4.69) is 25.7 Å². The maximum Gasteiger partial charge on any atom is 0.573 e. The zero-order valence-electron chi connectivity index (χ0n) is 10.9. The van der Waals surface area contributed by atoms with Gasteiger partial charge in [0, 0.05) is 6.20 Å². The van der Waals surface area contributed by atoms with Gasteiger partial charge in [-0.1, -0.05) is 0 Å². The van der Waals surface area contributed by atoms with Crippen LogP contribution in [0.1, 0.15) is 0 Å². The van der Waals surface area contributed by atoms with Crippen molar-refractivity contribution in [3.8, 4) is 22.6 Å². The molecule has 0 aliphatic heterocycles. The summed E-state index contributed by atoms with van der Waals surface area (Å²) < 4.78 is 46.2. The van der Waals surface area contributed by atoms with Gasteiger partial charge in [0.05, 0.1) is 17.1 Å². The molecule has 1 aromatic carbocycles. The molecule has 0 unspecified atom stereocenters. The Hall–Kier alpha value is -2.23. The second-order valence-corrected chi connectivity index (χ2v) is 4.88. The summed E-state index contributed by atoms with van der Waals surface area (Å²) in [5.74, 6) is -0.799. The molecule has 10 heteroatoms. The Labute approximate surface area is 129 Å². The maximum absolute atomic E-state index is 12.4. The van der Waals surface area contributed by atoms with E-state index in [1.807, 2.05) is 4.98 Å². The Balaban J connectivity index is 2.63. The van der Waals surface area contributed by atoms with E-state index in [0.717, 1.165) is 12.3 Å². The van der Waals surface area contributed by atoms with Gasteiger partial charge >= 0.3 is 12.1 Å². The number of hydrogen-bond acceptors (Lipinski definition) is 4. The van der Waals surface area contributed by atoms with Gasteiger partial charge in [0.25, 0.3) is 5.56 Å². The molecule has 1 aromatic heterocycles. The molecule has 6 nitrogen and oxygen atoms in total. The van der Waals surface area contributed by atoms with E-state index in [0.29, 0.717) is 0 Å². The van der Waals surface area contributed by atoms with Crippen LogP contribution < -0.4 is 20.7 Å². The highest BCUT2D eigenvalue weighted by Gasteiger charge is 2.33. The molecule has 0 saturated heterocycles. The van der Waals surface area contributed by atoms with Crippen molar-refractivity contribution in [3.63, 3.8) is 0 Å². The summed E-state index contributed by atoms with van der Waals surface area (Å²) in [4.78, 5) is 26.9. The molecule has 22 heavy (non-hydrogen) atoms. The van der Waals surface area contributed by atoms with Crippen LogP contribution >= 0.6 is 15.9 Å². The molecule has 1 heterocycles. The summed E-state index contributed by atoms with van der Waals surface area (Å²) in [5, 5.41) is 0. The predicted molar refractivity (Wildman–Crippen MR) is 74.1 cm³/mol. The van der Waals surface area contributed by atoms with Gasteiger partial charge in [-0.05, 0) is 33.6 Å². The number of methoxy groups -OCH3 is 1. The molecule has 0 radical (unpaired) electrons. The fourth-order valence-corrected chi connectivity index (χ4v) is 2.35. The fraction of sp³-hybridized carbons (Fsp3) is 0.167. The number of hydrogen-bond donors (Lipinski definition) is 2. The van der Waals surface area contributed by atoms with Gasteiger partial charge in [0.1, 0.15) is 0 Å². The van der Waals surface area contributed by atoms with Gasteiger partial charge in [-0.25, -0.2) is 4.79 Å². The smallest absolute Gasteiger partial charge is 0.492 e. The van der Waals surface area contributed by atoms with Crippen LogP contribution in [0.25, 0.3) is 11.1 Å². The highest BCUT2D eigenvalue weighted by Crippen LogP contribution is 2.41. The minimum absolute atomic E-state index is 0.0324. The van der Waals surface area contributed by atoms with Gasteiger partial charge in [-0.3, -0.25) is 9.78 Å². The van der Waals surface area contributed by atoms with E-state index in [1.165, 1.54) is 13.2 Å². The molecule has 0 aliphatic rings. The van der Waals surface area contributed by atoms with E-state index < -0.39 is 23.4 Å². The first-order valence-corrected chi connectivity index (χ1v) is 6.46. The van der Waals surface area contributed by atoms with Crippen molar-refractivity contribution in [2.45, 2.75) is 6.36 Å². The average molecular weight is 381 g/mol. The van der Waals surface area contributed by atoms with Crippen molar-refractivity contribution in [2.75, 3.05) is 7.11 Å². The fourth-order valence-electron chi connectivity index (χ4n) is 1.75. The SMILES string of the molecule is COc1c(Br)cc(-c2c[nH]c(=O)[nH]c2=O)cc1OC(F)(F)F. The largest absolute Gasteiger partial charge is 0.573 e. The lowest BCUT2D eigenvalue weighted by molar-refractivity contribution is -0.275. The van der Waals surface area contributed by atoms with Crippen LogP contribution in [0.3, 0.4) is 0 Å². The monoisotopic (exact) mass is 380 g/mol. The number of rotatable bonds is 3. The molecule has 0 saturated carbocycles. The van der Waals surface area contributed by atoms with E-state index in [-0.39, 0.29) is 21.3 Å². The predicted octanol–water partition coefficient (Wildman–Crippen LogP) is 2.40. The molecule has 0 atom stereocenters. The normalized spacial score (nSPS) is 11.3. The molecule has 0 fully saturated rings. The summed E-state index contributed by atoms with van der Waals surface area (Å²) in [6.07, 6.45) is -3.84. The first kappa shape index (κ1) is 16.1. The Kier molecular flexibility index (Phi) is 4.31. The van der Waals surface area contributed by atoms with Crippen LogP contribution in [0, 0.1) is 0 Å². The van der Waals surface area contributed by atoms with Crippen molar-refractivity contribution >= 4 is 15.9 Å². The number of H-pyrrole nitrogens is 2. The molecular formula is C12H8BrF3N2O4. The standard InChI is InChI=1S/C12H8BrF3N2O4/c1-21-9-7(13)2-5(3-8(9)22-12(14,15)16)6-4-17-11(20)18-10(6)19/h2-4H,1H3,(H2,17,18,19,20). The molecule has 118 valence electrons. The molecule has 0 aliphatic carbocycles. The van der Waals surface area contributed by atoms with Crippen LogP contribution in [0.4, 0.5) is 13.2 Å². The average Bonchev–Trinajstić information content (AvgIpc) is 2.36. The van der Waals surface area contributed by atoms with E-state index in [9.17, 15) is 22.8 Å². The summed E-state index contributed by atoms with van der Waals surface area (Å²) in [5.41, 5.74) is -1.41. The highest BCUT2D eigenvalue weighted by molar-refractivity contribution is 9.10. The van der Waals surface area contributed by atoms with Crippen LogP contribution in [0.5, 0.6) is 11.5 Å². The lowest BCUT2D eigenvalue weighted by atomic mass is 10.1. The number of benzene rings is 1. The topological polar surface area (TPSA) is 84.2 Å². The Morgan fingerprint density at radius 1 is 1.23 bits per heavy atom. The van der Waals surface area contributed by atoms with Crippen LogP contribution in [0.15, 0.2) is 32.4 Å². The minimum Gasteiger partial charge on any atom is -0.492 e. The van der Waals surface area contributed by atoms with Crippen LogP contribution in [-0.4, -0.2) is 23.4 Å². The zero-order valence-corrected chi connectivity index (χ0v) is 12.5. The van der Waals surface area contributed by atoms with Gasteiger partial charge < -0.3 is 14.5 Å². The Morgan fingerprint density at radius 2 is 1.91 bits per heavy atom. The second-order valence-electron chi connectivity index (χ2n) is 4.02. The third-order valence-corrected chi connectivity index (χ3v) is 3.16. The number of alkyl halides is 3. The Bertz CT molecular complexity index is 813. The van der Waals surface area contributed by atoms with Crippen molar-refractivity contribution in [2.24, 2.45) is 0 Å². The summed E-state index contributed by atoms with van der Waals surface area (Å²) in [6, 6.07) is 2.35. The van der Waals surface area contributed by atoms with Crippen LogP contribution in [0.2, 0.25) is 0 Å². The van der Waals surface area contributed by atoms with Gasteiger partial charge in [0.15, 0.2) is 11.5 Å². The first-order valence-electron chi connectivity index (χ1n) is 5.67. The summed E-state index contributed by atoms with van der Waals surface area (Å²) >= 11 is 3.05. The lowest BCUT2D eigenvalue weighted by Gasteiger charge is -2.15. The molecular weight excluding hydrogens is 373 g/mol. The van der Waals surface area contributed by atoms with Crippen molar-refractivity contribution < 1.29 is 22.6 Å². The number of nitrogens with one attached hydrogen (secondary N) is 2. The Morgan fingerprint density at radius 3 is 2.45 bits per heavy atom. The van der Waals surface area contributed by atoms with Crippen LogP contribution in [-0.2, 0) is 0 Å². The van der Waals surface area contributed by atoms with Crippen molar-refractivity contribution in [1.29, 1.82) is 0 Å². The van der Waals surface area contributed by atoms with E-state index in [4.69, 9.17) is 4.74 Å². The van der Waals surface area contributed by atoms with Gasteiger partial charge in [0.2, 0.25) is 0 Å². The molecule has 2 N–H and O–H groups in total.